The Kier molecular flexibility index (Phi) is 7.12. The van der Waals surface area contributed by atoms with Crippen LogP contribution in [0.3, 0.4) is 0 Å². The largest absolute Gasteiger partial charge is 0.463 e. The first-order chi connectivity index (χ1) is 14.5. The van der Waals surface area contributed by atoms with Crippen LogP contribution in [0.15, 0.2) is 52.8 Å². The first-order valence-corrected chi connectivity index (χ1v) is 9.72. The Balaban J connectivity index is 2.19. The molecule has 1 unspecified atom stereocenters. The minimum absolute atomic E-state index is 0.0213. The highest BCUT2D eigenvalue weighted by molar-refractivity contribution is 6.31. The van der Waals surface area contributed by atoms with Crippen LogP contribution in [0.1, 0.15) is 31.1 Å². The second-order valence-electron chi connectivity index (χ2n) is 6.25. The third kappa shape index (κ3) is 4.66. The van der Waals surface area contributed by atoms with E-state index in [4.69, 9.17) is 21.1 Å². The van der Waals surface area contributed by atoms with Crippen LogP contribution in [-0.4, -0.2) is 36.6 Å². The number of rotatable bonds is 7. The second-order valence-corrected chi connectivity index (χ2v) is 6.66. The summed E-state index contributed by atoms with van der Waals surface area (Å²) >= 11 is 6.26. The van der Waals surface area contributed by atoms with Crippen LogP contribution in [0.5, 0.6) is 0 Å². The number of halogens is 3. The third-order valence-corrected chi connectivity index (χ3v) is 4.64. The van der Waals surface area contributed by atoms with E-state index in [1.54, 1.807) is 13.8 Å². The van der Waals surface area contributed by atoms with E-state index >= 15 is 0 Å². The summed E-state index contributed by atoms with van der Waals surface area (Å²) in [6.45, 7) is 4.02. The number of esters is 1. The van der Waals surface area contributed by atoms with E-state index in [1.165, 1.54) is 30.5 Å². The molecule has 1 N–H and O–H groups in total. The minimum Gasteiger partial charge on any atom is -0.463 e. The maximum absolute atomic E-state index is 14.4. The Bertz CT molecular complexity index is 1010. The van der Waals surface area contributed by atoms with Crippen LogP contribution < -0.4 is 5.32 Å². The first kappa shape index (κ1) is 21.9. The fourth-order valence-corrected chi connectivity index (χ4v) is 3.26. The zero-order valence-electron chi connectivity index (χ0n) is 16.4. The van der Waals surface area contributed by atoms with Crippen LogP contribution in [0, 0.1) is 11.6 Å². The predicted molar refractivity (Wildman–Crippen MR) is 108 cm³/mol. The smallest absolute Gasteiger partial charge is 0.338 e. The van der Waals surface area contributed by atoms with Crippen molar-refractivity contribution in [2.45, 2.75) is 19.9 Å². The van der Waals surface area contributed by atoms with Crippen LogP contribution in [0.4, 0.5) is 8.78 Å². The number of nitrogens with one attached hydrogen (secondary N) is 1. The molecule has 0 amide bonds. The molecular formula is C21H20ClF2N3O3. The van der Waals surface area contributed by atoms with Gasteiger partial charge >= 0.3 is 5.97 Å². The van der Waals surface area contributed by atoms with Crippen molar-refractivity contribution < 1.29 is 23.0 Å². The summed E-state index contributed by atoms with van der Waals surface area (Å²) < 4.78 is 38.7. The zero-order valence-corrected chi connectivity index (χ0v) is 17.2. The van der Waals surface area contributed by atoms with Crippen molar-refractivity contribution >= 4 is 23.4 Å². The third-order valence-electron chi connectivity index (χ3n) is 4.31. The lowest BCUT2D eigenvalue weighted by atomic mass is 9.95. The molecule has 0 spiro atoms. The van der Waals surface area contributed by atoms with E-state index in [1.807, 2.05) is 0 Å². The molecule has 6 nitrogen and oxygen atoms in total. The lowest BCUT2D eigenvalue weighted by Crippen LogP contribution is -2.36. The summed E-state index contributed by atoms with van der Waals surface area (Å²) in [6.07, 6.45) is 1.43. The summed E-state index contributed by atoms with van der Waals surface area (Å²) in [5.74, 6) is -1.66. The second kappa shape index (κ2) is 9.77. The molecule has 2 heterocycles. The fourth-order valence-electron chi connectivity index (χ4n) is 2.99. The number of ether oxygens (including phenoxy) is 2. The van der Waals surface area contributed by atoms with Gasteiger partial charge in [-0.1, -0.05) is 17.7 Å². The SMILES string of the molecule is CCOCC1=C(C(=O)OCC)C(c2ccc(F)cc2Cl)N=C(c2ncccc2F)N1. The lowest BCUT2D eigenvalue weighted by Gasteiger charge is -2.28. The Labute approximate surface area is 177 Å². The molecule has 0 saturated heterocycles. The van der Waals surface area contributed by atoms with Crippen molar-refractivity contribution in [3.63, 3.8) is 0 Å². The van der Waals surface area contributed by atoms with Crippen molar-refractivity contribution in [2.75, 3.05) is 19.8 Å². The van der Waals surface area contributed by atoms with Crippen molar-refractivity contribution in [3.8, 4) is 0 Å². The van der Waals surface area contributed by atoms with Gasteiger partial charge in [-0.3, -0.25) is 4.99 Å². The van der Waals surface area contributed by atoms with E-state index in [-0.39, 0.29) is 35.3 Å². The molecular weight excluding hydrogens is 416 g/mol. The van der Waals surface area contributed by atoms with Gasteiger partial charge in [0.2, 0.25) is 0 Å². The molecule has 0 saturated carbocycles. The summed E-state index contributed by atoms with van der Waals surface area (Å²) in [5.41, 5.74) is 0.831. The van der Waals surface area contributed by atoms with Crippen molar-refractivity contribution in [1.82, 2.24) is 10.3 Å². The number of hydrogen-bond donors (Lipinski definition) is 1. The molecule has 158 valence electrons. The standard InChI is InChI=1S/C21H20ClF2N3O3/c1-3-29-11-16-17(21(28)30-4-2)18(13-8-7-12(23)10-14(13)22)27-20(26-16)19-15(24)6-5-9-25-19/h5-10,18H,3-4,11H2,1-2H3,(H,26,27). The van der Waals surface area contributed by atoms with Crippen molar-refractivity contribution in [2.24, 2.45) is 4.99 Å². The van der Waals surface area contributed by atoms with Crippen LogP contribution in [-0.2, 0) is 14.3 Å². The number of aliphatic imine (C=N–C) groups is 1. The van der Waals surface area contributed by atoms with Gasteiger partial charge < -0.3 is 14.8 Å². The molecule has 1 aromatic heterocycles. The Morgan fingerprint density at radius 1 is 1.23 bits per heavy atom. The van der Waals surface area contributed by atoms with Gasteiger partial charge in [-0.05, 0) is 38.1 Å². The molecule has 1 aliphatic rings. The van der Waals surface area contributed by atoms with Crippen molar-refractivity contribution in [3.05, 3.63) is 75.7 Å². The average Bonchev–Trinajstić information content (AvgIpc) is 2.72. The Hall–Kier alpha value is -2.84. The summed E-state index contributed by atoms with van der Waals surface area (Å²) in [5, 5.41) is 3.02. The lowest BCUT2D eigenvalue weighted by molar-refractivity contribution is -0.139. The van der Waals surface area contributed by atoms with Gasteiger partial charge in [0.15, 0.2) is 11.7 Å². The molecule has 0 bridgehead atoms. The number of pyridine rings is 1. The quantitative estimate of drug-likeness (QED) is 0.666. The van der Waals surface area contributed by atoms with Crippen molar-refractivity contribution in [1.29, 1.82) is 0 Å². The van der Waals surface area contributed by atoms with E-state index in [0.29, 0.717) is 17.9 Å². The molecule has 30 heavy (non-hydrogen) atoms. The molecule has 1 aliphatic heterocycles. The van der Waals surface area contributed by atoms with Gasteiger partial charge in [0.05, 0.1) is 24.5 Å². The Morgan fingerprint density at radius 3 is 2.70 bits per heavy atom. The summed E-state index contributed by atoms with van der Waals surface area (Å²) in [4.78, 5) is 21.3. The fraction of sp³-hybridized carbons (Fsp3) is 0.286. The monoisotopic (exact) mass is 435 g/mol. The van der Waals surface area contributed by atoms with Crippen LogP contribution >= 0.6 is 11.6 Å². The van der Waals surface area contributed by atoms with Gasteiger partial charge in [-0.2, -0.15) is 0 Å². The highest BCUT2D eigenvalue weighted by Gasteiger charge is 2.34. The average molecular weight is 436 g/mol. The molecule has 0 radical (unpaired) electrons. The zero-order chi connectivity index (χ0) is 21.7. The molecule has 1 atom stereocenters. The number of aromatic nitrogens is 1. The molecule has 0 aliphatic carbocycles. The molecule has 0 fully saturated rings. The maximum atomic E-state index is 14.4. The number of carbonyl (C=O) groups excluding carboxylic acids is 1. The van der Waals surface area contributed by atoms with E-state index in [2.05, 4.69) is 15.3 Å². The van der Waals surface area contributed by atoms with Crippen LogP contribution in [0.25, 0.3) is 0 Å². The van der Waals surface area contributed by atoms with E-state index in [0.717, 1.165) is 6.07 Å². The highest BCUT2D eigenvalue weighted by Crippen LogP contribution is 2.36. The van der Waals surface area contributed by atoms with Crippen LogP contribution in [0.2, 0.25) is 5.02 Å². The normalized spacial score (nSPS) is 16.2. The molecule has 1 aromatic carbocycles. The minimum atomic E-state index is -0.967. The molecule has 3 rings (SSSR count). The van der Waals surface area contributed by atoms with Gasteiger partial charge in [0, 0.05) is 23.4 Å². The predicted octanol–water partition coefficient (Wildman–Crippen LogP) is 3.96. The van der Waals surface area contributed by atoms with Gasteiger partial charge in [0.25, 0.3) is 0 Å². The summed E-state index contributed by atoms with van der Waals surface area (Å²) in [7, 11) is 0. The topological polar surface area (TPSA) is 72.8 Å². The Morgan fingerprint density at radius 2 is 2.03 bits per heavy atom. The van der Waals surface area contributed by atoms with E-state index in [9.17, 15) is 13.6 Å². The molecule has 9 heteroatoms. The van der Waals surface area contributed by atoms with E-state index < -0.39 is 23.6 Å². The van der Waals surface area contributed by atoms with Gasteiger partial charge in [-0.25, -0.2) is 18.6 Å². The van der Waals surface area contributed by atoms with Gasteiger partial charge in [-0.15, -0.1) is 0 Å². The number of benzene rings is 1. The number of amidine groups is 1. The maximum Gasteiger partial charge on any atom is 0.338 e. The van der Waals surface area contributed by atoms with Gasteiger partial charge in [0.1, 0.15) is 17.6 Å². The number of hydrogen-bond acceptors (Lipinski definition) is 6. The number of carbonyl (C=O) groups is 1. The first-order valence-electron chi connectivity index (χ1n) is 9.34. The molecule has 2 aromatic rings. The number of nitrogens with zero attached hydrogens (tertiary/aromatic N) is 2. The highest BCUT2D eigenvalue weighted by atomic mass is 35.5. The summed E-state index contributed by atoms with van der Waals surface area (Å²) in [6, 6.07) is 5.51.